The van der Waals surface area contributed by atoms with Crippen molar-refractivity contribution in [2.24, 2.45) is 0 Å². The standard InChI is InChI=1S/C14H10ClFN2O4/c1-20-14(19)13-12(15)8(17)4-9(18-13)6-2-10-11(3-7(6)16)22-5-21-10/h2-4H,5H2,1H3,(H2,17,18). The van der Waals surface area contributed by atoms with Crippen molar-refractivity contribution in [2.75, 3.05) is 19.6 Å². The topological polar surface area (TPSA) is 83.7 Å². The number of carbonyl (C=O) groups excluding carboxylic acids is 1. The molecule has 1 aromatic carbocycles. The van der Waals surface area contributed by atoms with Gasteiger partial charge in [0, 0.05) is 11.6 Å². The van der Waals surface area contributed by atoms with Crippen LogP contribution in [0.25, 0.3) is 11.3 Å². The Hall–Kier alpha value is -2.54. The predicted molar refractivity (Wildman–Crippen MR) is 76.5 cm³/mol. The second-order valence-electron chi connectivity index (χ2n) is 4.44. The van der Waals surface area contributed by atoms with Crippen LogP contribution in [0.1, 0.15) is 10.5 Å². The Morgan fingerprint density at radius 2 is 2.05 bits per heavy atom. The van der Waals surface area contributed by atoms with Gasteiger partial charge in [0.2, 0.25) is 6.79 Å². The van der Waals surface area contributed by atoms with Crippen molar-refractivity contribution in [1.29, 1.82) is 0 Å². The number of anilines is 1. The summed E-state index contributed by atoms with van der Waals surface area (Å²) in [5, 5.41) is -0.0447. The molecule has 6 nitrogen and oxygen atoms in total. The van der Waals surface area contributed by atoms with E-state index in [2.05, 4.69) is 9.72 Å². The van der Waals surface area contributed by atoms with Crippen LogP contribution in [-0.2, 0) is 4.74 Å². The van der Waals surface area contributed by atoms with Crippen molar-refractivity contribution in [3.05, 3.63) is 34.7 Å². The average molecular weight is 325 g/mol. The third kappa shape index (κ3) is 2.29. The summed E-state index contributed by atoms with van der Waals surface area (Å²) >= 11 is 5.93. The number of esters is 1. The third-order valence-corrected chi connectivity index (χ3v) is 3.50. The Balaban J connectivity index is 2.17. The van der Waals surface area contributed by atoms with E-state index in [1.807, 2.05) is 0 Å². The van der Waals surface area contributed by atoms with Crippen LogP contribution in [0.15, 0.2) is 18.2 Å². The van der Waals surface area contributed by atoms with Crippen LogP contribution in [0.4, 0.5) is 10.1 Å². The maximum Gasteiger partial charge on any atom is 0.358 e. The van der Waals surface area contributed by atoms with Gasteiger partial charge in [0.05, 0.1) is 23.5 Å². The maximum absolute atomic E-state index is 14.2. The first kappa shape index (κ1) is 14.4. The van der Waals surface area contributed by atoms with Crippen molar-refractivity contribution in [3.8, 4) is 22.8 Å². The molecule has 1 aliphatic rings. The second-order valence-corrected chi connectivity index (χ2v) is 4.81. The number of fused-ring (bicyclic) bond motifs is 1. The number of ether oxygens (including phenoxy) is 3. The fourth-order valence-corrected chi connectivity index (χ4v) is 2.21. The lowest BCUT2D eigenvalue weighted by Gasteiger charge is -2.09. The van der Waals surface area contributed by atoms with Crippen LogP contribution >= 0.6 is 11.6 Å². The van der Waals surface area contributed by atoms with Crippen molar-refractivity contribution < 1.29 is 23.4 Å². The lowest BCUT2D eigenvalue weighted by atomic mass is 10.1. The summed E-state index contributed by atoms with van der Waals surface area (Å²) in [4.78, 5) is 15.7. The maximum atomic E-state index is 14.2. The summed E-state index contributed by atoms with van der Waals surface area (Å²) in [5.41, 5.74) is 5.91. The molecule has 2 heterocycles. The van der Waals surface area contributed by atoms with Gasteiger partial charge in [-0.3, -0.25) is 0 Å². The quantitative estimate of drug-likeness (QED) is 0.855. The van der Waals surface area contributed by atoms with E-state index in [9.17, 15) is 9.18 Å². The first-order chi connectivity index (χ1) is 10.5. The van der Waals surface area contributed by atoms with Gasteiger partial charge in [0.15, 0.2) is 17.2 Å². The Bertz CT molecular complexity index is 782. The minimum atomic E-state index is -0.764. The molecule has 0 saturated carbocycles. The van der Waals surface area contributed by atoms with Crippen LogP contribution in [0, 0.1) is 5.82 Å². The molecule has 1 aliphatic heterocycles. The zero-order chi connectivity index (χ0) is 15.9. The number of nitrogens with zero attached hydrogens (tertiary/aromatic N) is 1. The zero-order valence-corrected chi connectivity index (χ0v) is 12.1. The molecule has 0 fully saturated rings. The number of nitrogens with two attached hydrogens (primary N) is 1. The van der Waals surface area contributed by atoms with Crippen LogP contribution in [0.2, 0.25) is 5.02 Å². The van der Waals surface area contributed by atoms with Crippen LogP contribution in [0.3, 0.4) is 0 Å². The van der Waals surface area contributed by atoms with E-state index in [-0.39, 0.29) is 34.5 Å². The molecular formula is C14H10ClFN2O4. The number of nitrogen functional groups attached to an aromatic ring is 1. The molecule has 0 unspecified atom stereocenters. The van der Waals surface area contributed by atoms with E-state index in [4.69, 9.17) is 26.8 Å². The highest BCUT2D eigenvalue weighted by atomic mass is 35.5. The predicted octanol–water partition coefficient (Wildman–Crippen LogP) is 2.64. The molecule has 1 aromatic heterocycles. The molecule has 0 atom stereocenters. The minimum Gasteiger partial charge on any atom is -0.464 e. The first-order valence-corrected chi connectivity index (χ1v) is 6.53. The Labute approximate surface area is 129 Å². The molecule has 22 heavy (non-hydrogen) atoms. The van der Waals surface area contributed by atoms with Crippen molar-refractivity contribution in [1.82, 2.24) is 4.98 Å². The van der Waals surface area contributed by atoms with Gasteiger partial charge in [0.1, 0.15) is 5.82 Å². The molecular weight excluding hydrogens is 315 g/mol. The molecule has 0 spiro atoms. The van der Waals surface area contributed by atoms with Crippen LogP contribution in [0.5, 0.6) is 11.5 Å². The fraction of sp³-hybridized carbons (Fsp3) is 0.143. The smallest absolute Gasteiger partial charge is 0.358 e. The highest BCUT2D eigenvalue weighted by molar-refractivity contribution is 6.35. The Kier molecular flexibility index (Phi) is 3.50. The second kappa shape index (κ2) is 5.34. The molecule has 0 bridgehead atoms. The summed E-state index contributed by atoms with van der Waals surface area (Å²) in [7, 11) is 1.18. The van der Waals surface area contributed by atoms with Gasteiger partial charge in [-0.15, -0.1) is 0 Å². The minimum absolute atomic E-state index is 0.0157. The van der Waals surface area contributed by atoms with Crippen LogP contribution < -0.4 is 15.2 Å². The number of hydrogen-bond acceptors (Lipinski definition) is 6. The molecule has 2 aromatic rings. The molecule has 2 N–H and O–H groups in total. The van der Waals surface area contributed by atoms with Gasteiger partial charge in [-0.25, -0.2) is 14.2 Å². The van der Waals surface area contributed by atoms with Gasteiger partial charge < -0.3 is 19.9 Å². The lowest BCUT2D eigenvalue weighted by molar-refractivity contribution is 0.0594. The normalized spacial score (nSPS) is 12.3. The van der Waals surface area contributed by atoms with Crippen molar-refractivity contribution in [2.45, 2.75) is 0 Å². The summed E-state index contributed by atoms with van der Waals surface area (Å²) < 4.78 is 29.1. The summed E-state index contributed by atoms with van der Waals surface area (Å²) in [5.74, 6) is -0.670. The number of rotatable bonds is 2. The molecule has 3 rings (SSSR count). The largest absolute Gasteiger partial charge is 0.464 e. The van der Waals surface area contributed by atoms with Gasteiger partial charge in [-0.2, -0.15) is 0 Å². The molecule has 0 amide bonds. The number of halogens is 2. The molecule has 0 saturated heterocycles. The summed E-state index contributed by atoms with van der Waals surface area (Å²) in [6.45, 7) is 0.0157. The number of methoxy groups -OCH3 is 1. The van der Waals surface area contributed by atoms with Gasteiger partial charge in [-0.1, -0.05) is 11.6 Å². The number of benzene rings is 1. The molecule has 0 aliphatic carbocycles. The van der Waals surface area contributed by atoms with Crippen molar-refractivity contribution >= 4 is 23.3 Å². The SMILES string of the molecule is COC(=O)c1nc(-c2cc3c(cc2F)OCO3)cc(N)c1Cl. The third-order valence-electron chi connectivity index (χ3n) is 3.10. The number of carbonyl (C=O) groups is 1. The molecule has 8 heteroatoms. The molecule has 0 radical (unpaired) electrons. The van der Waals surface area contributed by atoms with E-state index in [1.54, 1.807) is 0 Å². The van der Waals surface area contributed by atoms with Crippen LogP contribution in [-0.4, -0.2) is 24.9 Å². The number of hydrogen-bond donors (Lipinski definition) is 1. The highest BCUT2D eigenvalue weighted by Crippen LogP contribution is 2.38. The van der Waals surface area contributed by atoms with E-state index >= 15 is 0 Å². The molecule has 114 valence electrons. The van der Waals surface area contributed by atoms with E-state index in [1.165, 1.54) is 25.3 Å². The summed E-state index contributed by atoms with van der Waals surface area (Å²) in [6.07, 6.45) is 0. The summed E-state index contributed by atoms with van der Waals surface area (Å²) in [6, 6.07) is 3.98. The number of pyridine rings is 1. The van der Waals surface area contributed by atoms with Crippen molar-refractivity contribution in [3.63, 3.8) is 0 Å². The first-order valence-electron chi connectivity index (χ1n) is 6.15. The monoisotopic (exact) mass is 324 g/mol. The van der Waals surface area contributed by atoms with E-state index in [0.717, 1.165) is 0 Å². The van der Waals surface area contributed by atoms with E-state index < -0.39 is 11.8 Å². The Morgan fingerprint density at radius 1 is 1.36 bits per heavy atom. The number of aromatic nitrogens is 1. The van der Waals surface area contributed by atoms with E-state index in [0.29, 0.717) is 11.5 Å². The fourth-order valence-electron chi connectivity index (χ4n) is 2.03. The zero-order valence-electron chi connectivity index (χ0n) is 11.4. The van der Waals surface area contributed by atoms with Gasteiger partial charge in [-0.05, 0) is 12.1 Å². The Morgan fingerprint density at radius 3 is 2.73 bits per heavy atom. The lowest BCUT2D eigenvalue weighted by Crippen LogP contribution is -2.08. The highest BCUT2D eigenvalue weighted by Gasteiger charge is 2.22. The van der Waals surface area contributed by atoms with Gasteiger partial charge >= 0.3 is 5.97 Å². The van der Waals surface area contributed by atoms with Gasteiger partial charge in [0.25, 0.3) is 0 Å². The average Bonchev–Trinajstić information content (AvgIpc) is 2.95.